The Morgan fingerprint density at radius 2 is 1.91 bits per heavy atom. The number of aromatic nitrogens is 3. The average molecular weight is 462 g/mol. The lowest BCUT2D eigenvalue weighted by Gasteiger charge is -2.38. The molecule has 1 aromatic carbocycles. The molecule has 1 aliphatic heterocycles. The number of benzene rings is 1. The lowest BCUT2D eigenvalue weighted by molar-refractivity contribution is 0.0141. The molecule has 1 N–H and O–H groups in total. The van der Waals surface area contributed by atoms with Gasteiger partial charge in [-0.05, 0) is 77.5 Å². The Morgan fingerprint density at radius 1 is 1.22 bits per heavy atom. The van der Waals surface area contributed by atoms with Crippen LogP contribution in [0.3, 0.4) is 0 Å². The molecule has 32 heavy (non-hydrogen) atoms. The standard InChI is InChI=1S/C23H32ClN5O3/c1-14(2)29-21(31-18-8-6-7-17(24)11-18)26-20(27-29)25-19-15-9-10-16(19)13-28(12-15)22(30)32-23(3,4)5/h6-8,11,14-16,19H,9-10,12-13H2,1-5H3,(H,25,27)/t15-,16+,19?. The molecule has 1 saturated heterocycles. The number of ether oxygens (including phenoxy) is 2. The first kappa shape index (κ1) is 22.7. The number of fused-ring (bicyclic) bond motifs is 2. The smallest absolute Gasteiger partial charge is 0.410 e. The van der Waals surface area contributed by atoms with Gasteiger partial charge in [0.25, 0.3) is 0 Å². The molecule has 2 fully saturated rings. The monoisotopic (exact) mass is 461 g/mol. The lowest BCUT2D eigenvalue weighted by Crippen LogP contribution is -2.51. The van der Waals surface area contributed by atoms with Gasteiger partial charge in [-0.15, -0.1) is 5.10 Å². The van der Waals surface area contributed by atoms with Crippen molar-refractivity contribution >= 4 is 23.6 Å². The van der Waals surface area contributed by atoms with E-state index in [9.17, 15) is 4.79 Å². The molecule has 2 bridgehead atoms. The minimum Gasteiger partial charge on any atom is -0.444 e. The second kappa shape index (κ2) is 8.81. The number of halogens is 1. The number of carbonyl (C=O) groups is 1. The van der Waals surface area contributed by atoms with Crippen molar-refractivity contribution in [2.75, 3.05) is 18.4 Å². The molecule has 1 aliphatic carbocycles. The molecule has 1 saturated carbocycles. The van der Waals surface area contributed by atoms with Gasteiger partial charge in [-0.2, -0.15) is 4.98 Å². The lowest BCUT2D eigenvalue weighted by atomic mass is 9.92. The van der Waals surface area contributed by atoms with Gasteiger partial charge in [0.2, 0.25) is 5.95 Å². The van der Waals surface area contributed by atoms with E-state index in [-0.39, 0.29) is 18.2 Å². The Morgan fingerprint density at radius 3 is 2.50 bits per heavy atom. The summed E-state index contributed by atoms with van der Waals surface area (Å²) in [6, 6.07) is 7.94. The highest BCUT2D eigenvalue weighted by atomic mass is 35.5. The summed E-state index contributed by atoms with van der Waals surface area (Å²) < 4.78 is 13.3. The number of rotatable bonds is 5. The van der Waals surface area contributed by atoms with Crippen molar-refractivity contribution < 1.29 is 14.3 Å². The van der Waals surface area contributed by atoms with Crippen LogP contribution in [-0.2, 0) is 4.74 Å². The molecule has 4 rings (SSSR count). The largest absolute Gasteiger partial charge is 0.444 e. The molecule has 0 spiro atoms. The normalized spacial score (nSPS) is 22.8. The molecule has 3 atom stereocenters. The van der Waals surface area contributed by atoms with Crippen LogP contribution in [0.15, 0.2) is 24.3 Å². The number of likely N-dealkylation sites (tertiary alicyclic amines) is 1. The van der Waals surface area contributed by atoms with Crippen LogP contribution in [0.1, 0.15) is 53.5 Å². The van der Waals surface area contributed by atoms with Crippen molar-refractivity contribution in [3.05, 3.63) is 29.3 Å². The fourth-order valence-corrected chi connectivity index (χ4v) is 4.68. The van der Waals surface area contributed by atoms with Crippen LogP contribution >= 0.6 is 11.6 Å². The molecule has 1 amide bonds. The molecule has 2 aromatic rings. The van der Waals surface area contributed by atoms with Gasteiger partial charge < -0.3 is 19.7 Å². The predicted molar refractivity (Wildman–Crippen MR) is 123 cm³/mol. The van der Waals surface area contributed by atoms with Gasteiger partial charge >= 0.3 is 12.1 Å². The highest BCUT2D eigenvalue weighted by molar-refractivity contribution is 6.30. The van der Waals surface area contributed by atoms with E-state index in [0.29, 0.717) is 47.7 Å². The van der Waals surface area contributed by atoms with E-state index < -0.39 is 5.60 Å². The summed E-state index contributed by atoms with van der Waals surface area (Å²) in [6.07, 6.45) is 1.91. The van der Waals surface area contributed by atoms with E-state index >= 15 is 0 Å². The molecule has 9 heteroatoms. The quantitative estimate of drug-likeness (QED) is 0.645. The molecular weight excluding hydrogens is 430 g/mol. The Hall–Kier alpha value is -2.48. The van der Waals surface area contributed by atoms with E-state index in [4.69, 9.17) is 21.1 Å². The first-order valence-corrected chi connectivity index (χ1v) is 11.6. The summed E-state index contributed by atoms with van der Waals surface area (Å²) in [6.45, 7) is 11.1. The van der Waals surface area contributed by atoms with Crippen LogP contribution in [0.5, 0.6) is 11.8 Å². The Bertz CT molecular complexity index is 957. The van der Waals surface area contributed by atoms with E-state index in [1.807, 2.05) is 51.7 Å². The van der Waals surface area contributed by atoms with Gasteiger partial charge in [-0.25, -0.2) is 9.48 Å². The number of anilines is 1. The van der Waals surface area contributed by atoms with Gasteiger partial charge in [0.1, 0.15) is 11.4 Å². The second-order valence-electron chi connectivity index (χ2n) is 9.97. The van der Waals surface area contributed by atoms with Crippen LogP contribution in [0.2, 0.25) is 5.02 Å². The average Bonchev–Trinajstić information content (AvgIpc) is 3.17. The van der Waals surface area contributed by atoms with Crippen LogP contribution in [0.4, 0.5) is 10.7 Å². The van der Waals surface area contributed by atoms with Crippen LogP contribution in [0, 0.1) is 11.8 Å². The maximum Gasteiger partial charge on any atom is 0.410 e. The van der Waals surface area contributed by atoms with Gasteiger partial charge in [0.05, 0.1) is 6.04 Å². The summed E-state index contributed by atoms with van der Waals surface area (Å²) in [7, 11) is 0. The highest BCUT2D eigenvalue weighted by Gasteiger charge is 2.44. The summed E-state index contributed by atoms with van der Waals surface area (Å²) in [4.78, 5) is 19.0. The van der Waals surface area contributed by atoms with Crippen LogP contribution in [0.25, 0.3) is 0 Å². The predicted octanol–water partition coefficient (Wildman–Crippen LogP) is 5.36. The molecule has 2 heterocycles. The van der Waals surface area contributed by atoms with Crippen molar-refractivity contribution in [3.63, 3.8) is 0 Å². The van der Waals surface area contributed by atoms with Gasteiger partial charge in [0, 0.05) is 24.2 Å². The Balaban J connectivity index is 1.46. The van der Waals surface area contributed by atoms with E-state index in [0.717, 1.165) is 12.8 Å². The number of nitrogens with one attached hydrogen (secondary N) is 1. The van der Waals surface area contributed by atoms with Gasteiger partial charge in [0.15, 0.2) is 0 Å². The first-order chi connectivity index (χ1) is 15.1. The fourth-order valence-electron chi connectivity index (χ4n) is 4.49. The maximum absolute atomic E-state index is 12.5. The Kier molecular flexibility index (Phi) is 6.25. The highest BCUT2D eigenvalue weighted by Crippen LogP contribution is 2.39. The zero-order valence-corrected chi connectivity index (χ0v) is 20.1. The molecule has 1 unspecified atom stereocenters. The number of piperidine rings is 1. The number of carbonyl (C=O) groups excluding carboxylic acids is 1. The maximum atomic E-state index is 12.5. The molecule has 174 valence electrons. The van der Waals surface area contributed by atoms with Crippen molar-refractivity contribution in [1.82, 2.24) is 19.7 Å². The zero-order valence-electron chi connectivity index (χ0n) is 19.3. The minimum absolute atomic E-state index is 0.0815. The van der Waals surface area contributed by atoms with Crippen LogP contribution in [-0.4, -0.2) is 50.5 Å². The third-order valence-corrected chi connectivity index (χ3v) is 6.11. The SMILES string of the molecule is CC(C)n1nc(NC2[C@@H]3CC[C@H]2CN(C(=O)OC(C)(C)C)C3)nc1Oc1cccc(Cl)c1. The molecule has 8 nitrogen and oxygen atoms in total. The number of hydrogen-bond donors (Lipinski definition) is 1. The Labute approximate surface area is 194 Å². The number of hydrogen-bond acceptors (Lipinski definition) is 6. The van der Waals surface area contributed by atoms with Crippen molar-refractivity contribution in [2.45, 2.75) is 65.1 Å². The topological polar surface area (TPSA) is 81.5 Å². The summed E-state index contributed by atoms with van der Waals surface area (Å²) in [5, 5.41) is 8.79. The fraction of sp³-hybridized carbons (Fsp3) is 0.609. The third-order valence-electron chi connectivity index (χ3n) is 5.88. The third kappa shape index (κ3) is 5.11. The summed E-state index contributed by atoms with van der Waals surface area (Å²) in [5.74, 6) is 1.83. The molecule has 2 aliphatic rings. The summed E-state index contributed by atoms with van der Waals surface area (Å²) >= 11 is 6.08. The van der Waals surface area contributed by atoms with Crippen LogP contribution < -0.4 is 10.1 Å². The zero-order chi connectivity index (χ0) is 23.0. The van der Waals surface area contributed by atoms with Gasteiger partial charge in [-0.1, -0.05) is 17.7 Å². The van der Waals surface area contributed by atoms with E-state index in [2.05, 4.69) is 15.4 Å². The van der Waals surface area contributed by atoms with Crippen molar-refractivity contribution in [1.29, 1.82) is 0 Å². The van der Waals surface area contributed by atoms with Crippen molar-refractivity contribution in [2.24, 2.45) is 11.8 Å². The number of nitrogens with zero attached hydrogens (tertiary/aromatic N) is 4. The molecule has 1 aromatic heterocycles. The van der Waals surface area contributed by atoms with E-state index in [1.54, 1.807) is 16.8 Å². The second-order valence-corrected chi connectivity index (χ2v) is 10.4. The first-order valence-electron chi connectivity index (χ1n) is 11.2. The van der Waals surface area contributed by atoms with Crippen molar-refractivity contribution in [3.8, 4) is 11.8 Å². The number of amides is 1. The summed E-state index contributed by atoms with van der Waals surface area (Å²) in [5.41, 5.74) is -0.488. The minimum atomic E-state index is -0.488. The molecule has 0 radical (unpaired) electrons. The van der Waals surface area contributed by atoms with Gasteiger partial charge in [-0.3, -0.25) is 0 Å². The van der Waals surface area contributed by atoms with E-state index in [1.165, 1.54) is 0 Å². The molecular formula is C23H32ClN5O3.